The summed E-state index contributed by atoms with van der Waals surface area (Å²) in [7, 11) is 0. The fourth-order valence-electron chi connectivity index (χ4n) is 2.29. The third-order valence-electron chi connectivity index (χ3n) is 3.62. The van der Waals surface area contributed by atoms with Gasteiger partial charge in [0.05, 0.1) is 0 Å². The van der Waals surface area contributed by atoms with Crippen LogP contribution in [0.2, 0.25) is 0 Å². The number of likely N-dealkylation sites (tertiary alicyclic amines) is 1. The first kappa shape index (κ1) is 15.2. The van der Waals surface area contributed by atoms with E-state index in [1.807, 2.05) is 27.7 Å². The lowest BCUT2D eigenvalue weighted by Crippen LogP contribution is -2.46. The maximum absolute atomic E-state index is 11.9. The smallest absolute Gasteiger partial charge is 0.410 e. The highest BCUT2D eigenvalue weighted by molar-refractivity contribution is 5.68. The second-order valence-electron chi connectivity index (χ2n) is 6.86. The zero-order valence-electron chi connectivity index (χ0n) is 13.0. The number of nitrogens with one attached hydrogen (secondary N) is 1. The molecule has 0 bridgehead atoms. The summed E-state index contributed by atoms with van der Waals surface area (Å²) in [6, 6.07) is 0.482. The molecule has 20 heavy (non-hydrogen) atoms. The zero-order valence-corrected chi connectivity index (χ0v) is 13.0. The Labute approximate surface area is 121 Å². The van der Waals surface area contributed by atoms with Crippen molar-refractivity contribution in [1.82, 2.24) is 10.2 Å². The number of rotatable bonds is 4. The molecule has 6 heteroatoms. The molecule has 1 N–H and O–H groups in total. The number of carbonyl (C=O) groups excluding carboxylic acids is 1. The standard InChI is InChI=1S/C14H26N4O2/c1-13(2,3)20-12(19)18-9-5-11(6-10-18)15-8-7-14(4)16-17-14/h11,15H,5-10H2,1-4H3. The molecule has 2 rings (SSSR count). The van der Waals surface area contributed by atoms with Gasteiger partial charge >= 0.3 is 6.09 Å². The number of nitrogens with zero attached hydrogens (tertiary/aromatic N) is 3. The summed E-state index contributed by atoms with van der Waals surface area (Å²) in [6.07, 6.45) is 2.72. The van der Waals surface area contributed by atoms with Gasteiger partial charge in [-0.05, 0) is 47.1 Å². The van der Waals surface area contributed by atoms with Gasteiger partial charge in [-0.15, -0.1) is 0 Å². The Morgan fingerprint density at radius 2 is 1.95 bits per heavy atom. The molecule has 2 aliphatic heterocycles. The fraction of sp³-hybridized carbons (Fsp3) is 0.929. The fourth-order valence-corrected chi connectivity index (χ4v) is 2.29. The van der Waals surface area contributed by atoms with Gasteiger partial charge in [0, 0.05) is 25.6 Å². The topological polar surface area (TPSA) is 66.3 Å². The van der Waals surface area contributed by atoms with E-state index in [1.54, 1.807) is 4.90 Å². The van der Waals surface area contributed by atoms with Crippen LogP contribution in [0.4, 0.5) is 4.79 Å². The minimum absolute atomic E-state index is 0.121. The van der Waals surface area contributed by atoms with Crippen molar-refractivity contribution >= 4 is 6.09 Å². The Morgan fingerprint density at radius 3 is 2.45 bits per heavy atom. The van der Waals surface area contributed by atoms with Crippen LogP contribution in [0.25, 0.3) is 0 Å². The van der Waals surface area contributed by atoms with Crippen LogP contribution >= 0.6 is 0 Å². The van der Waals surface area contributed by atoms with Crippen LogP contribution in [0.3, 0.4) is 0 Å². The van der Waals surface area contributed by atoms with Crippen LogP contribution in [0, 0.1) is 0 Å². The molecule has 1 fully saturated rings. The molecule has 0 spiro atoms. The second-order valence-corrected chi connectivity index (χ2v) is 6.86. The molecular formula is C14H26N4O2. The quantitative estimate of drug-likeness (QED) is 0.861. The Morgan fingerprint density at radius 1 is 1.35 bits per heavy atom. The van der Waals surface area contributed by atoms with Crippen molar-refractivity contribution in [3.63, 3.8) is 0 Å². The van der Waals surface area contributed by atoms with Crippen LogP contribution in [0.5, 0.6) is 0 Å². The third kappa shape index (κ3) is 4.74. The maximum Gasteiger partial charge on any atom is 0.410 e. The van der Waals surface area contributed by atoms with Gasteiger partial charge < -0.3 is 15.0 Å². The maximum atomic E-state index is 11.9. The van der Waals surface area contributed by atoms with Crippen molar-refractivity contribution in [3.8, 4) is 0 Å². The second kappa shape index (κ2) is 5.68. The first-order chi connectivity index (χ1) is 9.27. The van der Waals surface area contributed by atoms with Gasteiger partial charge in [-0.1, -0.05) is 0 Å². The Balaban J connectivity index is 1.63. The molecule has 2 aliphatic rings. The van der Waals surface area contributed by atoms with E-state index in [1.165, 1.54) is 0 Å². The van der Waals surface area contributed by atoms with Crippen LogP contribution in [-0.2, 0) is 4.74 Å². The minimum Gasteiger partial charge on any atom is -0.444 e. The Bertz CT molecular complexity index is 375. The average molecular weight is 282 g/mol. The van der Waals surface area contributed by atoms with Crippen molar-refractivity contribution in [2.75, 3.05) is 19.6 Å². The Hall–Kier alpha value is -1.17. The van der Waals surface area contributed by atoms with Crippen molar-refractivity contribution in [1.29, 1.82) is 0 Å². The lowest BCUT2D eigenvalue weighted by molar-refractivity contribution is 0.0198. The highest BCUT2D eigenvalue weighted by Gasteiger charge is 2.33. The van der Waals surface area contributed by atoms with E-state index in [0.29, 0.717) is 6.04 Å². The summed E-state index contributed by atoms with van der Waals surface area (Å²) in [5.74, 6) is 0. The summed E-state index contributed by atoms with van der Waals surface area (Å²) in [5, 5.41) is 11.5. The normalized spacial score (nSPS) is 21.9. The monoisotopic (exact) mass is 282 g/mol. The van der Waals surface area contributed by atoms with Gasteiger partial charge in [0.1, 0.15) is 5.60 Å². The molecule has 0 aromatic rings. The predicted molar refractivity (Wildman–Crippen MR) is 76.7 cm³/mol. The van der Waals surface area contributed by atoms with Crippen LogP contribution in [0.15, 0.2) is 10.2 Å². The number of ether oxygens (including phenoxy) is 1. The molecule has 2 heterocycles. The lowest BCUT2D eigenvalue weighted by Gasteiger charge is -2.33. The molecule has 0 aromatic heterocycles. The minimum atomic E-state index is -0.418. The molecule has 114 valence electrons. The predicted octanol–water partition coefficient (Wildman–Crippen LogP) is 2.55. The van der Waals surface area contributed by atoms with Gasteiger partial charge in [-0.3, -0.25) is 0 Å². The number of hydrogen-bond donors (Lipinski definition) is 1. The number of hydrogen-bond acceptors (Lipinski definition) is 5. The summed E-state index contributed by atoms with van der Waals surface area (Å²) in [4.78, 5) is 13.7. The largest absolute Gasteiger partial charge is 0.444 e. The third-order valence-corrected chi connectivity index (χ3v) is 3.62. The number of amides is 1. The highest BCUT2D eigenvalue weighted by atomic mass is 16.6. The van der Waals surface area contributed by atoms with E-state index in [-0.39, 0.29) is 11.8 Å². The van der Waals surface area contributed by atoms with Gasteiger partial charge in [-0.2, -0.15) is 10.2 Å². The van der Waals surface area contributed by atoms with Crippen molar-refractivity contribution in [3.05, 3.63) is 0 Å². The van der Waals surface area contributed by atoms with Gasteiger partial charge in [-0.25, -0.2) is 4.79 Å². The molecule has 0 saturated carbocycles. The van der Waals surface area contributed by atoms with E-state index in [4.69, 9.17) is 4.74 Å². The van der Waals surface area contributed by atoms with Gasteiger partial charge in [0.25, 0.3) is 0 Å². The van der Waals surface area contributed by atoms with E-state index in [2.05, 4.69) is 15.5 Å². The van der Waals surface area contributed by atoms with Crippen LogP contribution < -0.4 is 5.32 Å². The summed E-state index contributed by atoms with van der Waals surface area (Å²) < 4.78 is 5.39. The summed E-state index contributed by atoms with van der Waals surface area (Å²) in [6.45, 7) is 10.2. The molecular weight excluding hydrogens is 256 g/mol. The average Bonchev–Trinajstić information content (AvgIpc) is 3.06. The first-order valence-electron chi connectivity index (χ1n) is 7.43. The van der Waals surface area contributed by atoms with E-state index in [9.17, 15) is 4.79 Å². The lowest BCUT2D eigenvalue weighted by atomic mass is 10.0. The summed E-state index contributed by atoms with van der Waals surface area (Å²) in [5.41, 5.74) is -0.539. The van der Waals surface area contributed by atoms with E-state index >= 15 is 0 Å². The van der Waals surface area contributed by atoms with Gasteiger partial charge in [0.2, 0.25) is 0 Å². The van der Waals surface area contributed by atoms with Gasteiger partial charge in [0.15, 0.2) is 5.66 Å². The highest BCUT2D eigenvalue weighted by Crippen LogP contribution is 2.30. The van der Waals surface area contributed by atoms with Crippen molar-refractivity contribution in [2.45, 2.75) is 64.3 Å². The first-order valence-corrected chi connectivity index (χ1v) is 7.43. The molecule has 0 aromatic carbocycles. The number of piperidine rings is 1. The van der Waals surface area contributed by atoms with Crippen molar-refractivity contribution < 1.29 is 9.53 Å². The SMILES string of the molecule is CC1(CCNC2CCN(C(=O)OC(C)(C)C)CC2)N=N1. The van der Waals surface area contributed by atoms with E-state index < -0.39 is 5.60 Å². The molecule has 1 amide bonds. The summed E-state index contributed by atoms with van der Waals surface area (Å²) >= 11 is 0. The molecule has 0 unspecified atom stereocenters. The van der Waals surface area contributed by atoms with Crippen LogP contribution in [-0.4, -0.2) is 47.9 Å². The molecule has 0 radical (unpaired) electrons. The van der Waals surface area contributed by atoms with Crippen LogP contribution in [0.1, 0.15) is 47.0 Å². The number of carbonyl (C=O) groups is 1. The molecule has 6 nitrogen and oxygen atoms in total. The zero-order chi connectivity index (χ0) is 14.8. The van der Waals surface area contributed by atoms with Crippen molar-refractivity contribution in [2.24, 2.45) is 10.2 Å². The molecule has 0 atom stereocenters. The van der Waals surface area contributed by atoms with E-state index in [0.717, 1.165) is 38.9 Å². The Kier molecular flexibility index (Phi) is 4.32. The molecule has 1 saturated heterocycles. The molecule has 0 aliphatic carbocycles.